The number of rotatable bonds is 0. The molecule has 0 spiro atoms. The smallest absolute Gasteiger partial charge is 0.170 e. The largest absolute Gasteiger partial charge is 0.293 e. The Morgan fingerprint density at radius 2 is 0.721 bits per heavy atom. The molecule has 0 saturated carbocycles. The van der Waals surface area contributed by atoms with E-state index in [0.717, 1.165) is 51.6 Å². The highest BCUT2D eigenvalue weighted by Gasteiger charge is 2.45. The average Bonchev–Trinajstić information content (AvgIpc) is 3.24. The van der Waals surface area contributed by atoms with Crippen LogP contribution in [0, 0.1) is 41.5 Å². The van der Waals surface area contributed by atoms with Gasteiger partial charge in [-0.3, -0.25) is 9.59 Å². The molecule has 6 bridgehead atoms. The molecule has 6 aliphatic rings. The number of fused-ring (bicyclic) bond motifs is 18. The third kappa shape index (κ3) is 7.03. The predicted molar refractivity (Wildman–Crippen MR) is 251 cm³/mol. The summed E-state index contributed by atoms with van der Waals surface area (Å²) in [4.78, 5) is 25.6. The maximum absolute atomic E-state index is 12.8. The van der Waals surface area contributed by atoms with Crippen molar-refractivity contribution in [3.05, 3.63) is 209 Å². The van der Waals surface area contributed by atoms with E-state index in [1.807, 2.05) is 50.2 Å². The lowest BCUT2D eigenvalue weighted by Gasteiger charge is -2.43. The third-order valence-electron chi connectivity index (χ3n) is 14.9. The van der Waals surface area contributed by atoms with Gasteiger partial charge < -0.3 is 0 Å². The van der Waals surface area contributed by atoms with Crippen LogP contribution in [0.2, 0.25) is 0 Å². The van der Waals surface area contributed by atoms with Gasteiger partial charge in [-0.1, -0.05) is 130 Å². The Morgan fingerprint density at radius 1 is 0.377 bits per heavy atom. The van der Waals surface area contributed by atoms with Crippen LogP contribution in [0.3, 0.4) is 0 Å². The highest BCUT2D eigenvalue weighted by atomic mass is 35.5. The first-order valence-corrected chi connectivity index (χ1v) is 23.2. The van der Waals surface area contributed by atoms with Crippen molar-refractivity contribution in [2.75, 3.05) is 0 Å². The minimum atomic E-state index is -0.155. The Kier molecular flexibility index (Phi) is 10.3. The van der Waals surface area contributed by atoms with Gasteiger partial charge >= 0.3 is 0 Å². The van der Waals surface area contributed by atoms with Gasteiger partial charge in [0.05, 0.1) is 10.8 Å². The molecule has 0 aliphatic heterocycles. The van der Waals surface area contributed by atoms with E-state index in [2.05, 4.69) is 100 Å². The SMILES string of the molecule is Cc1ccc2c(c1)C(=O)C1CC2C(=O)c2cc(C)ccc21.Cc1ccc2c(c1)C(Cl)C1CC2C(Cl)c2cc(C)ccc21.Cc1ccc2c(c1)CC1CC2Cc2cc(C)ccc21. The number of halogens is 2. The van der Waals surface area contributed by atoms with Crippen molar-refractivity contribution >= 4 is 34.8 Å². The zero-order valence-electron chi connectivity index (χ0n) is 36.1. The van der Waals surface area contributed by atoms with E-state index in [1.165, 1.54) is 63.8 Å². The molecule has 61 heavy (non-hydrogen) atoms. The van der Waals surface area contributed by atoms with Crippen LogP contribution < -0.4 is 0 Å². The number of aryl methyl sites for hydroxylation is 6. The standard InChI is InChI=1S/C19H18Cl2.C19H16O2.C19H20/c2*1-10-3-5-12-14(7-10)18(20)17-9-16(12)19(21)15-8-11(2)4-6-13(15)17;1-12-3-5-18-14(7-12)9-16-11-17(18)10-15-8-13(2)4-6-19(15)16/h3-8,16-19H,9H2,1-2H3;3-8,16-17H,9H2,1-2H3;3-8,16-17H,9-11H2,1-2H3. The molecule has 0 aromatic heterocycles. The Hall–Kier alpha value is -4.76. The molecule has 308 valence electrons. The maximum Gasteiger partial charge on any atom is 0.170 e. The number of alkyl halides is 2. The zero-order valence-corrected chi connectivity index (χ0v) is 37.6. The Bertz CT molecular complexity index is 2590. The molecule has 8 atom stereocenters. The highest BCUT2D eigenvalue weighted by Crippen LogP contribution is 2.60. The van der Waals surface area contributed by atoms with Crippen molar-refractivity contribution in [2.24, 2.45) is 0 Å². The quantitative estimate of drug-likeness (QED) is 0.143. The van der Waals surface area contributed by atoms with E-state index < -0.39 is 0 Å². The number of hydrogen-bond acceptors (Lipinski definition) is 2. The molecule has 6 aliphatic carbocycles. The molecular formula is C57H54Cl2O2. The van der Waals surface area contributed by atoms with Crippen LogP contribution >= 0.6 is 23.2 Å². The first-order chi connectivity index (χ1) is 29.3. The van der Waals surface area contributed by atoms with Gasteiger partial charge in [0.2, 0.25) is 0 Å². The van der Waals surface area contributed by atoms with Crippen LogP contribution in [0.1, 0.15) is 175 Å². The van der Waals surface area contributed by atoms with E-state index in [0.29, 0.717) is 18.3 Å². The molecule has 6 aromatic carbocycles. The molecule has 0 radical (unpaired) electrons. The van der Waals surface area contributed by atoms with E-state index in [1.54, 1.807) is 22.3 Å². The summed E-state index contributed by atoms with van der Waals surface area (Å²) >= 11 is 13.7. The lowest BCUT2D eigenvalue weighted by molar-refractivity contribution is 0.0875. The minimum Gasteiger partial charge on any atom is -0.293 e. The molecule has 6 aromatic rings. The summed E-state index contributed by atoms with van der Waals surface area (Å²) in [5, 5.41) is 0.114. The van der Waals surface area contributed by atoms with Gasteiger partial charge in [-0.15, -0.1) is 23.2 Å². The second-order valence-corrected chi connectivity index (χ2v) is 20.2. The van der Waals surface area contributed by atoms with Gasteiger partial charge in [0.15, 0.2) is 11.6 Å². The fourth-order valence-corrected chi connectivity index (χ4v) is 12.8. The lowest BCUT2D eigenvalue weighted by atomic mass is 9.65. The summed E-state index contributed by atoms with van der Waals surface area (Å²) in [5.41, 5.74) is 22.5. The summed E-state index contributed by atoms with van der Waals surface area (Å²) in [7, 11) is 0. The Morgan fingerprint density at radius 3 is 1.13 bits per heavy atom. The monoisotopic (exact) mass is 840 g/mol. The molecule has 0 heterocycles. The van der Waals surface area contributed by atoms with E-state index >= 15 is 0 Å². The number of hydrogen-bond donors (Lipinski definition) is 0. The van der Waals surface area contributed by atoms with Crippen LogP contribution in [0.15, 0.2) is 109 Å². The summed E-state index contributed by atoms with van der Waals surface area (Å²) in [6, 6.07) is 39.2. The first kappa shape index (κ1) is 40.3. The molecule has 12 rings (SSSR count). The van der Waals surface area contributed by atoms with Crippen molar-refractivity contribution in [1.82, 2.24) is 0 Å². The maximum atomic E-state index is 12.8. The second kappa shape index (κ2) is 15.5. The second-order valence-electron chi connectivity index (χ2n) is 19.2. The summed E-state index contributed by atoms with van der Waals surface area (Å²) < 4.78 is 0. The van der Waals surface area contributed by atoms with E-state index in [4.69, 9.17) is 23.2 Å². The van der Waals surface area contributed by atoms with Gasteiger partial charge in [0, 0.05) is 34.8 Å². The van der Waals surface area contributed by atoms with Crippen molar-refractivity contribution in [3.8, 4) is 0 Å². The molecule has 0 amide bonds. The predicted octanol–water partition coefficient (Wildman–Crippen LogP) is 14.8. The first-order valence-electron chi connectivity index (χ1n) is 22.3. The van der Waals surface area contributed by atoms with Crippen molar-refractivity contribution in [1.29, 1.82) is 0 Å². The summed E-state index contributed by atoms with van der Waals surface area (Å²) in [5.74, 6) is 2.31. The average molecular weight is 842 g/mol. The summed E-state index contributed by atoms with van der Waals surface area (Å²) in [6.45, 7) is 12.6. The molecule has 2 nitrogen and oxygen atoms in total. The fraction of sp³-hybridized carbons (Fsp3) is 0.333. The molecule has 0 fully saturated rings. The lowest BCUT2D eigenvalue weighted by Crippen LogP contribution is -2.34. The number of carbonyl (C=O) groups is 2. The van der Waals surface area contributed by atoms with Crippen LogP contribution in [-0.4, -0.2) is 11.6 Å². The highest BCUT2D eigenvalue weighted by molar-refractivity contribution is 6.23. The molecular weight excluding hydrogens is 788 g/mol. The van der Waals surface area contributed by atoms with Crippen LogP contribution in [0.5, 0.6) is 0 Å². The van der Waals surface area contributed by atoms with Crippen molar-refractivity contribution in [2.45, 2.75) is 120 Å². The van der Waals surface area contributed by atoms with Crippen molar-refractivity contribution < 1.29 is 9.59 Å². The third-order valence-corrected chi connectivity index (χ3v) is 16.0. The van der Waals surface area contributed by atoms with Gasteiger partial charge in [-0.2, -0.15) is 0 Å². The minimum absolute atomic E-state index is 0.0572. The number of Topliss-reactive ketones (excluding diaryl/α,β-unsaturated/α-hetero) is 2. The van der Waals surface area contributed by atoms with Crippen LogP contribution in [0.25, 0.3) is 0 Å². The Labute approximate surface area is 371 Å². The van der Waals surface area contributed by atoms with Gasteiger partial charge in [0.25, 0.3) is 0 Å². The van der Waals surface area contributed by atoms with Gasteiger partial charge in [0.1, 0.15) is 0 Å². The van der Waals surface area contributed by atoms with Crippen molar-refractivity contribution in [3.63, 3.8) is 0 Å². The number of carbonyl (C=O) groups excluding carboxylic acids is 2. The molecule has 8 unspecified atom stereocenters. The number of benzene rings is 6. The molecule has 0 N–H and O–H groups in total. The normalized spacial score (nSPS) is 25.4. The number of ketones is 2. The Balaban J connectivity index is 0.000000110. The van der Waals surface area contributed by atoms with Gasteiger partial charge in [-0.25, -0.2) is 0 Å². The molecule has 0 saturated heterocycles. The van der Waals surface area contributed by atoms with E-state index in [-0.39, 0.29) is 34.2 Å². The molecule has 4 heteroatoms. The zero-order chi connectivity index (χ0) is 42.4. The topological polar surface area (TPSA) is 34.1 Å². The van der Waals surface area contributed by atoms with Gasteiger partial charge in [-0.05, 0) is 153 Å². The fourth-order valence-electron chi connectivity index (χ4n) is 11.9. The van der Waals surface area contributed by atoms with Crippen LogP contribution in [0.4, 0.5) is 0 Å². The van der Waals surface area contributed by atoms with E-state index in [9.17, 15) is 9.59 Å². The summed E-state index contributed by atoms with van der Waals surface area (Å²) in [6.07, 6.45) is 5.53. The van der Waals surface area contributed by atoms with Crippen LogP contribution in [-0.2, 0) is 12.8 Å².